The van der Waals surface area contributed by atoms with Crippen LogP contribution in [0.5, 0.6) is 0 Å². The number of nitrogens with zero attached hydrogens (tertiary/aromatic N) is 2. The SMILES string of the molecule is CS(=O)(=O)N(CC(=O)Nc1cc([N+](=O)[O-])ccc1Cl)c1ccc(F)c(F)c1. The maximum atomic E-state index is 13.4. The second-order valence-corrected chi connectivity index (χ2v) is 7.65. The highest BCUT2D eigenvalue weighted by Gasteiger charge is 2.23. The first-order valence-electron chi connectivity index (χ1n) is 7.15. The highest BCUT2D eigenvalue weighted by Crippen LogP contribution is 2.27. The Morgan fingerprint density at radius 1 is 1.22 bits per heavy atom. The van der Waals surface area contributed by atoms with Crippen LogP contribution in [0, 0.1) is 21.7 Å². The summed E-state index contributed by atoms with van der Waals surface area (Å²) in [4.78, 5) is 22.3. The van der Waals surface area contributed by atoms with Gasteiger partial charge in [0.2, 0.25) is 15.9 Å². The first kappa shape index (κ1) is 20.5. The lowest BCUT2D eigenvalue weighted by Crippen LogP contribution is -2.37. The van der Waals surface area contributed by atoms with Crippen LogP contribution in [-0.4, -0.2) is 32.0 Å². The Hall–Kier alpha value is -2.79. The van der Waals surface area contributed by atoms with Crippen molar-refractivity contribution in [3.8, 4) is 0 Å². The Bertz CT molecular complexity index is 1020. The molecule has 0 saturated heterocycles. The predicted octanol–water partition coefficient (Wildman–Crippen LogP) is 2.93. The Kier molecular flexibility index (Phi) is 5.96. The summed E-state index contributed by atoms with van der Waals surface area (Å²) in [5.41, 5.74) is -0.707. The molecule has 0 heterocycles. The molecule has 2 aromatic carbocycles. The van der Waals surface area contributed by atoms with Gasteiger partial charge in [0.15, 0.2) is 11.6 Å². The fraction of sp³-hybridized carbons (Fsp3) is 0.133. The van der Waals surface area contributed by atoms with Crippen LogP contribution in [0.3, 0.4) is 0 Å². The van der Waals surface area contributed by atoms with Gasteiger partial charge in [0, 0.05) is 18.2 Å². The van der Waals surface area contributed by atoms with Crippen LogP contribution in [0.25, 0.3) is 0 Å². The van der Waals surface area contributed by atoms with Gasteiger partial charge in [-0.25, -0.2) is 17.2 Å². The summed E-state index contributed by atoms with van der Waals surface area (Å²) in [5.74, 6) is -3.36. The third-order valence-corrected chi connectivity index (χ3v) is 4.78. The molecule has 0 aliphatic rings. The summed E-state index contributed by atoms with van der Waals surface area (Å²) in [6.45, 7) is -0.789. The molecule has 0 fully saturated rings. The van der Waals surface area contributed by atoms with Gasteiger partial charge in [0.25, 0.3) is 5.69 Å². The first-order valence-corrected chi connectivity index (χ1v) is 9.38. The molecule has 0 atom stereocenters. The van der Waals surface area contributed by atoms with Gasteiger partial charge in [-0.15, -0.1) is 0 Å². The van der Waals surface area contributed by atoms with Gasteiger partial charge in [-0.1, -0.05) is 11.6 Å². The van der Waals surface area contributed by atoms with Crippen LogP contribution >= 0.6 is 11.6 Å². The molecule has 0 aliphatic carbocycles. The van der Waals surface area contributed by atoms with Crippen molar-refractivity contribution in [2.75, 3.05) is 22.4 Å². The van der Waals surface area contributed by atoms with Gasteiger partial charge in [0.1, 0.15) is 6.54 Å². The van der Waals surface area contributed by atoms with E-state index in [9.17, 15) is 32.1 Å². The average molecular weight is 420 g/mol. The number of nitrogens with one attached hydrogen (secondary N) is 1. The van der Waals surface area contributed by atoms with Crippen molar-refractivity contribution < 1.29 is 26.9 Å². The standard InChI is InChI=1S/C15H12ClF2N3O5S/c1-27(25,26)20(9-3-5-12(17)13(18)6-9)8-15(22)19-14-7-10(21(23)24)2-4-11(14)16/h2-7H,8H2,1H3,(H,19,22). The third-order valence-electron chi connectivity index (χ3n) is 3.31. The van der Waals surface area contributed by atoms with Gasteiger partial charge in [-0.05, 0) is 18.2 Å². The van der Waals surface area contributed by atoms with E-state index >= 15 is 0 Å². The lowest BCUT2D eigenvalue weighted by molar-refractivity contribution is -0.384. The van der Waals surface area contributed by atoms with Crippen molar-refractivity contribution in [2.45, 2.75) is 0 Å². The van der Waals surface area contributed by atoms with E-state index in [1.54, 1.807) is 0 Å². The molecule has 0 aliphatic heterocycles. The smallest absolute Gasteiger partial charge is 0.271 e. The molecule has 8 nitrogen and oxygen atoms in total. The van der Waals surface area contributed by atoms with Crippen LogP contribution < -0.4 is 9.62 Å². The molecule has 2 aromatic rings. The Balaban J connectivity index is 2.28. The van der Waals surface area contributed by atoms with Gasteiger partial charge < -0.3 is 5.32 Å². The number of carbonyl (C=O) groups excluding carboxylic acids is 1. The minimum Gasteiger partial charge on any atom is -0.323 e. The lowest BCUT2D eigenvalue weighted by Gasteiger charge is -2.22. The van der Waals surface area contributed by atoms with E-state index in [1.165, 1.54) is 6.07 Å². The number of anilines is 2. The van der Waals surface area contributed by atoms with Gasteiger partial charge in [-0.3, -0.25) is 19.2 Å². The summed E-state index contributed by atoms with van der Waals surface area (Å²) >= 11 is 5.87. The molecule has 0 radical (unpaired) electrons. The fourth-order valence-corrected chi connectivity index (χ4v) is 3.10. The number of non-ortho nitro benzene ring substituents is 1. The van der Waals surface area contributed by atoms with E-state index in [2.05, 4.69) is 5.32 Å². The lowest BCUT2D eigenvalue weighted by atomic mass is 10.2. The number of halogens is 3. The Morgan fingerprint density at radius 3 is 2.44 bits per heavy atom. The molecule has 0 spiro atoms. The fourth-order valence-electron chi connectivity index (χ4n) is 2.08. The molecule has 0 bridgehead atoms. The van der Waals surface area contributed by atoms with Gasteiger partial charge in [-0.2, -0.15) is 0 Å². The van der Waals surface area contributed by atoms with Crippen LogP contribution in [0.1, 0.15) is 0 Å². The number of rotatable bonds is 6. The highest BCUT2D eigenvalue weighted by molar-refractivity contribution is 7.92. The summed E-state index contributed by atoms with van der Waals surface area (Å²) in [6, 6.07) is 5.67. The first-order chi connectivity index (χ1) is 12.5. The molecular formula is C15H12ClF2N3O5S. The number of nitro benzene ring substituents is 1. The quantitative estimate of drug-likeness (QED) is 0.571. The van der Waals surface area contributed by atoms with Gasteiger partial charge >= 0.3 is 0 Å². The van der Waals surface area contributed by atoms with Crippen molar-refractivity contribution in [3.05, 3.63) is 63.2 Å². The Labute approximate surface area is 157 Å². The maximum absolute atomic E-state index is 13.4. The van der Waals surface area contributed by atoms with Crippen LogP contribution in [-0.2, 0) is 14.8 Å². The van der Waals surface area contributed by atoms with E-state index in [0.717, 1.165) is 30.5 Å². The topological polar surface area (TPSA) is 110 Å². The van der Waals surface area contributed by atoms with Crippen molar-refractivity contribution in [3.63, 3.8) is 0 Å². The molecule has 144 valence electrons. The summed E-state index contributed by atoms with van der Waals surface area (Å²) in [6.07, 6.45) is 0.780. The van der Waals surface area contributed by atoms with Crippen molar-refractivity contribution in [1.29, 1.82) is 0 Å². The number of nitro groups is 1. The third kappa shape index (κ3) is 5.11. The number of amides is 1. The summed E-state index contributed by atoms with van der Waals surface area (Å²) in [5, 5.41) is 13.0. The van der Waals surface area contributed by atoms with E-state index in [1.807, 2.05) is 0 Å². The van der Waals surface area contributed by atoms with E-state index in [4.69, 9.17) is 11.6 Å². The minimum atomic E-state index is -4.02. The molecule has 0 saturated carbocycles. The number of sulfonamides is 1. The van der Waals surface area contributed by atoms with Crippen LogP contribution in [0.2, 0.25) is 5.02 Å². The van der Waals surface area contributed by atoms with Gasteiger partial charge in [0.05, 0.1) is 27.6 Å². The number of benzene rings is 2. The number of hydrogen-bond donors (Lipinski definition) is 1. The molecule has 12 heteroatoms. The average Bonchev–Trinajstić information content (AvgIpc) is 2.56. The monoisotopic (exact) mass is 419 g/mol. The van der Waals surface area contributed by atoms with Crippen molar-refractivity contribution >= 4 is 44.6 Å². The molecule has 0 unspecified atom stereocenters. The largest absolute Gasteiger partial charge is 0.323 e. The molecule has 1 N–H and O–H groups in total. The molecule has 27 heavy (non-hydrogen) atoms. The zero-order chi connectivity index (χ0) is 20.4. The van der Waals surface area contributed by atoms with Crippen LogP contribution in [0.15, 0.2) is 36.4 Å². The zero-order valence-electron chi connectivity index (χ0n) is 13.6. The van der Waals surface area contributed by atoms with E-state index in [-0.39, 0.29) is 22.1 Å². The molecule has 0 aromatic heterocycles. The van der Waals surface area contributed by atoms with E-state index in [0.29, 0.717) is 10.4 Å². The Morgan fingerprint density at radius 2 is 1.89 bits per heavy atom. The molecular weight excluding hydrogens is 408 g/mol. The minimum absolute atomic E-state index is 0.00678. The predicted molar refractivity (Wildman–Crippen MR) is 95.3 cm³/mol. The van der Waals surface area contributed by atoms with E-state index < -0.39 is 39.0 Å². The summed E-state index contributed by atoms with van der Waals surface area (Å²) in [7, 11) is -4.02. The second kappa shape index (κ2) is 7.84. The van der Waals surface area contributed by atoms with Crippen molar-refractivity contribution in [1.82, 2.24) is 0 Å². The number of hydrogen-bond acceptors (Lipinski definition) is 5. The number of carbonyl (C=O) groups is 1. The normalized spacial score (nSPS) is 11.1. The zero-order valence-corrected chi connectivity index (χ0v) is 15.2. The second-order valence-electron chi connectivity index (χ2n) is 5.34. The molecule has 1 amide bonds. The maximum Gasteiger partial charge on any atom is 0.271 e. The highest BCUT2D eigenvalue weighted by atomic mass is 35.5. The van der Waals surface area contributed by atoms with Crippen molar-refractivity contribution in [2.24, 2.45) is 0 Å². The van der Waals surface area contributed by atoms with Crippen LogP contribution in [0.4, 0.5) is 25.8 Å². The summed E-state index contributed by atoms with van der Waals surface area (Å²) < 4.78 is 50.9. The molecule has 2 rings (SSSR count).